The largest absolute Gasteiger partial charge is 0.370 e. The third-order valence-electron chi connectivity index (χ3n) is 4.82. The van der Waals surface area contributed by atoms with Crippen LogP contribution in [0.5, 0.6) is 0 Å². The SMILES string of the molecule is CN(CC(=O)Nc1ccc(N2CCCCC2)c(Cl)c1)S(=O)(=O)c1ccc(Cl)cc1. The van der Waals surface area contributed by atoms with Crippen LogP contribution in [-0.4, -0.2) is 45.3 Å². The van der Waals surface area contributed by atoms with Gasteiger partial charge in [-0.05, 0) is 61.7 Å². The first kappa shape index (κ1) is 21.9. The number of carbonyl (C=O) groups excluding carboxylic acids is 1. The van der Waals surface area contributed by atoms with Gasteiger partial charge in [0.25, 0.3) is 0 Å². The molecule has 0 bridgehead atoms. The van der Waals surface area contributed by atoms with Gasteiger partial charge in [-0.2, -0.15) is 4.31 Å². The van der Waals surface area contributed by atoms with E-state index in [2.05, 4.69) is 10.2 Å². The highest BCUT2D eigenvalue weighted by Gasteiger charge is 2.23. The Morgan fingerprint density at radius 1 is 1.07 bits per heavy atom. The van der Waals surface area contributed by atoms with E-state index >= 15 is 0 Å². The van der Waals surface area contributed by atoms with E-state index in [0.29, 0.717) is 15.7 Å². The summed E-state index contributed by atoms with van der Waals surface area (Å²) in [5, 5.41) is 3.71. The molecule has 0 saturated carbocycles. The number of likely N-dealkylation sites (N-methyl/N-ethyl adjacent to an activating group) is 1. The van der Waals surface area contributed by atoms with Crippen LogP contribution in [0.2, 0.25) is 10.0 Å². The van der Waals surface area contributed by atoms with Gasteiger partial charge >= 0.3 is 0 Å². The highest BCUT2D eigenvalue weighted by Crippen LogP contribution is 2.30. The number of carbonyl (C=O) groups is 1. The Balaban J connectivity index is 1.64. The van der Waals surface area contributed by atoms with Crippen molar-refractivity contribution in [2.75, 3.05) is 36.9 Å². The van der Waals surface area contributed by atoms with Crippen molar-refractivity contribution in [2.24, 2.45) is 0 Å². The quantitative estimate of drug-likeness (QED) is 0.706. The summed E-state index contributed by atoms with van der Waals surface area (Å²) in [5.41, 5.74) is 1.48. The summed E-state index contributed by atoms with van der Waals surface area (Å²) in [6.45, 7) is 1.62. The van der Waals surface area contributed by atoms with E-state index in [1.807, 2.05) is 6.07 Å². The van der Waals surface area contributed by atoms with Crippen molar-refractivity contribution in [3.8, 4) is 0 Å². The van der Waals surface area contributed by atoms with Crippen molar-refractivity contribution in [3.63, 3.8) is 0 Å². The average Bonchev–Trinajstić information content (AvgIpc) is 2.69. The number of amides is 1. The van der Waals surface area contributed by atoms with Gasteiger partial charge < -0.3 is 10.2 Å². The van der Waals surface area contributed by atoms with Gasteiger partial charge in [0.2, 0.25) is 15.9 Å². The number of sulfonamides is 1. The Morgan fingerprint density at radius 3 is 2.34 bits per heavy atom. The van der Waals surface area contributed by atoms with Gasteiger partial charge in [-0.1, -0.05) is 23.2 Å². The molecule has 156 valence electrons. The molecule has 1 aliphatic heterocycles. The molecule has 1 saturated heterocycles. The molecular formula is C20H23Cl2N3O3S. The molecule has 2 aromatic carbocycles. The van der Waals surface area contributed by atoms with E-state index in [1.54, 1.807) is 12.1 Å². The molecule has 1 fully saturated rings. The summed E-state index contributed by atoms with van der Waals surface area (Å²) in [6, 6.07) is 11.2. The second-order valence-electron chi connectivity index (χ2n) is 6.98. The van der Waals surface area contributed by atoms with Gasteiger partial charge in [0.15, 0.2) is 0 Å². The Kier molecular flexibility index (Phi) is 7.05. The van der Waals surface area contributed by atoms with Gasteiger partial charge in [0, 0.05) is 30.8 Å². The van der Waals surface area contributed by atoms with Crippen molar-refractivity contribution >= 4 is 50.5 Å². The van der Waals surface area contributed by atoms with E-state index < -0.39 is 15.9 Å². The first-order chi connectivity index (χ1) is 13.8. The molecule has 0 aliphatic carbocycles. The van der Waals surface area contributed by atoms with Crippen LogP contribution in [-0.2, 0) is 14.8 Å². The van der Waals surface area contributed by atoms with Crippen LogP contribution in [0, 0.1) is 0 Å². The van der Waals surface area contributed by atoms with Crippen LogP contribution in [0.25, 0.3) is 0 Å². The number of benzene rings is 2. The minimum Gasteiger partial charge on any atom is -0.370 e. The lowest BCUT2D eigenvalue weighted by molar-refractivity contribution is -0.116. The molecule has 0 atom stereocenters. The number of hydrogen-bond donors (Lipinski definition) is 1. The Morgan fingerprint density at radius 2 is 1.72 bits per heavy atom. The third kappa shape index (κ3) is 5.42. The molecule has 1 N–H and O–H groups in total. The van der Waals surface area contributed by atoms with Crippen LogP contribution < -0.4 is 10.2 Å². The Labute approximate surface area is 181 Å². The number of rotatable bonds is 6. The lowest BCUT2D eigenvalue weighted by atomic mass is 10.1. The fourth-order valence-corrected chi connectivity index (χ4v) is 4.80. The van der Waals surface area contributed by atoms with Crippen LogP contribution >= 0.6 is 23.2 Å². The molecule has 0 radical (unpaired) electrons. The standard InChI is InChI=1S/C20H23Cl2N3O3S/c1-24(29(27,28)17-8-5-15(21)6-9-17)14-20(26)23-16-7-10-19(18(22)13-16)25-11-3-2-4-12-25/h5-10,13H,2-4,11-12,14H2,1H3,(H,23,26). The van der Waals surface area contributed by atoms with Gasteiger partial charge in [-0.25, -0.2) is 8.42 Å². The highest BCUT2D eigenvalue weighted by atomic mass is 35.5. The molecule has 0 unspecified atom stereocenters. The molecular weight excluding hydrogens is 433 g/mol. The van der Waals surface area contributed by atoms with Gasteiger partial charge in [0.05, 0.1) is 22.2 Å². The molecule has 1 heterocycles. The average molecular weight is 456 g/mol. The fraction of sp³-hybridized carbons (Fsp3) is 0.350. The van der Waals surface area contributed by atoms with E-state index in [0.717, 1.165) is 35.9 Å². The van der Waals surface area contributed by atoms with E-state index in [-0.39, 0.29) is 11.4 Å². The molecule has 2 aromatic rings. The number of piperidine rings is 1. The molecule has 0 aromatic heterocycles. The predicted octanol–water partition coefficient (Wildman–Crippen LogP) is 4.24. The molecule has 29 heavy (non-hydrogen) atoms. The lowest BCUT2D eigenvalue weighted by Crippen LogP contribution is -2.35. The fourth-order valence-electron chi connectivity index (χ4n) is 3.25. The zero-order valence-corrected chi connectivity index (χ0v) is 18.4. The number of hydrogen-bond acceptors (Lipinski definition) is 4. The maximum atomic E-state index is 12.6. The molecule has 0 spiro atoms. The Bertz CT molecular complexity index is 975. The Hall–Kier alpha value is -1.80. The second kappa shape index (κ2) is 9.34. The zero-order chi connectivity index (χ0) is 21.0. The number of anilines is 2. The molecule has 3 rings (SSSR count). The first-order valence-corrected chi connectivity index (χ1v) is 11.5. The van der Waals surface area contributed by atoms with Gasteiger partial charge in [-0.15, -0.1) is 0 Å². The highest BCUT2D eigenvalue weighted by molar-refractivity contribution is 7.89. The summed E-state index contributed by atoms with van der Waals surface area (Å²) in [6.07, 6.45) is 3.52. The predicted molar refractivity (Wildman–Crippen MR) is 117 cm³/mol. The number of nitrogens with one attached hydrogen (secondary N) is 1. The van der Waals surface area contributed by atoms with Crippen molar-refractivity contribution in [1.29, 1.82) is 0 Å². The molecule has 1 amide bonds. The second-order valence-corrected chi connectivity index (χ2v) is 9.87. The molecule has 1 aliphatic rings. The van der Waals surface area contributed by atoms with Crippen LogP contribution in [0.1, 0.15) is 19.3 Å². The molecule has 9 heteroatoms. The lowest BCUT2D eigenvalue weighted by Gasteiger charge is -2.29. The van der Waals surface area contributed by atoms with E-state index in [9.17, 15) is 13.2 Å². The summed E-state index contributed by atoms with van der Waals surface area (Å²) in [5.74, 6) is -0.452. The van der Waals surface area contributed by atoms with Crippen LogP contribution in [0.15, 0.2) is 47.4 Å². The van der Waals surface area contributed by atoms with Crippen molar-refractivity contribution in [3.05, 3.63) is 52.5 Å². The monoisotopic (exact) mass is 455 g/mol. The van der Waals surface area contributed by atoms with Crippen molar-refractivity contribution in [2.45, 2.75) is 24.2 Å². The van der Waals surface area contributed by atoms with E-state index in [4.69, 9.17) is 23.2 Å². The maximum Gasteiger partial charge on any atom is 0.243 e. The normalized spacial score (nSPS) is 14.8. The first-order valence-electron chi connectivity index (χ1n) is 9.33. The molecule has 6 nitrogen and oxygen atoms in total. The summed E-state index contributed by atoms with van der Waals surface area (Å²) in [7, 11) is -2.43. The maximum absolute atomic E-state index is 12.6. The van der Waals surface area contributed by atoms with E-state index in [1.165, 1.54) is 37.7 Å². The number of nitrogens with zero attached hydrogens (tertiary/aromatic N) is 2. The van der Waals surface area contributed by atoms with Crippen LogP contribution in [0.4, 0.5) is 11.4 Å². The van der Waals surface area contributed by atoms with Crippen molar-refractivity contribution in [1.82, 2.24) is 4.31 Å². The topological polar surface area (TPSA) is 69.7 Å². The van der Waals surface area contributed by atoms with Gasteiger partial charge in [-0.3, -0.25) is 4.79 Å². The smallest absolute Gasteiger partial charge is 0.243 e. The summed E-state index contributed by atoms with van der Waals surface area (Å²) >= 11 is 12.2. The van der Waals surface area contributed by atoms with Crippen LogP contribution in [0.3, 0.4) is 0 Å². The third-order valence-corrected chi connectivity index (χ3v) is 7.19. The summed E-state index contributed by atoms with van der Waals surface area (Å²) < 4.78 is 26.2. The minimum atomic E-state index is -3.79. The summed E-state index contributed by atoms with van der Waals surface area (Å²) in [4.78, 5) is 14.7. The van der Waals surface area contributed by atoms with Gasteiger partial charge in [0.1, 0.15) is 0 Å². The number of halogens is 2. The van der Waals surface area contributed by atoms with Crippen molar-refractivity contribution < 1.29 is 13.2 Å². The minimum absolute atomic E-state index is 0.0751. The zero-order valence-electron chi connectivity index (χ0n) is 16.1.